The molecule has 0 bridgehead atoms. The van der Waals surface area contributed by atoms with E-state index in [-0.39, 0.29) is 67.1 Å². The van der Waals surface area contributed by atoms with E-state index in [1.54, 1.807) is 24.3 Å². The Labute approximate surface area is 571 Å². The molecule has 0 saturated carbocycles. The molecule has 6 nitrogen and oxygen atoms in total. The van der Waals surface area contributed by atoms with E-state index in [2.05, 4.69) is 238 Å². The van der Waals surface area contributed by atoms with Crippen molar-refractivity contribution in [3.8, 4) is 56.6 Å². The molecule has 8 aromatic rings. The molecule has 2 aliphatic carbocycles. The van der Waals surface area contributed by atoms with Crippen molar-refractivity contribution >= 4 is 21.8 Å². The van der Waals surface area contributed by atoms with E-state index < -0.39 is 5.82 Å². The summed E-state index contributed by atoms with van der Waals surface area (Å²) in [5.74, 6) is 1.60. The van der Waals surface area contributed by atoms with Crippen LogP contribution < -0.4 is 0 Å². The minimum atomic E-state index is -0.412. The molecule has 2 heterocycles. The molecule has 2 aliphatic rings. The monoisotopic (exact) mass is 1290 g/mol. The van der Waals surface area contributed by atoms with Gasteiger partial charge < -0.3 is 28.1 Å². The Balaban J connectivity index is 1.07. The van der Waals surface area contributed by atoms with Crippen LogP contribution in [0.3, 0.4) is 0 Å². The van der Waals surface area contributed by atoms with Gasteiger partial charge in [-0.15, -0.1) is 0 Å². The Morgan fingerprint density at radius 1 is 0.495 bits per heavy atom. The van der Waals surface area contributed by atoms with Gasteiger partial charge in [0.05, 0.1) is 33.5 Å². The molecule has 2 N–H and O–H groups in total. The molecule has 0 amide bonds. The third-order valence-electron chi connectivity index (χ3n) is 21.6. The molecule has 1 unspecified atom stereocenters. The van der Waals surface area contributed by atoms with Crippen LogP contribution in [0.15, 0.2) is 84.9 Å². The number of aryl methyl sites for hydroxylation is 2. The molecule has 0 spiro atoms. The van der Waals surface area contributed by atoms with Crippen LogP contribution in [0, 0.1) is 79.6 Å². The van der Waals surface area contributed by atoms with E-state index in [0.29, 0.717) is 75.6 Å². The number of rotatable bonds is 15. The summed E-state index contributed by atoms with van der Waals surface area (Å²) in [6.07, 6.45) is 7.98. The van der Waals surface area contributed by atoms with Gasteiger partial charge >= 0.3 is 0 Å². The van der Waals surface area contributed by atoms with Gasteiger partial charge in [0.25, 0.3) is 0 Å². The summed E-state index contributed by atoms with van der Waals surface area (Å²) in [5.41, 5.74) is 16.1. The van der Waals surface area contributed by atoms with Crippen molar-refractivity contribution in [2.75, 3.05) is 13.2 Å². The molecule has 10 rings (SSSR count). The maximum absolute atomic E-state index is 16.5. The number of fused-ring (bicyclic) bond motifs is 6. The summed E-state index contributed by atoms with van der Waals surface area (Å²) in [5, 5.41) is 28.9. The van der Waals surface area contributed by atoms with E-state index in [1.807, 2.05) is 13.8 Å². The number of aromatic hydroxyl groups is 2. The number of phenols is 2. The van der Waals surface area contributed by atoms with Gasteiger partial charge in [0, 0.05) is 56.2 Å². The molecule has 512 valence electrons. The zero-order valence-electron chi connectivity index (χ0n) is 62.7. The SMILES string of the molecule is [CH2-][O+](C[C@H](C)[C@@H](C)C[O+]([CH2-])c1c(C)cc(F)cc1-c1cc(C(C)(C)CC(C)(C)C)cc(-n2c3cc(C(C)(C)C)ccc3c3ccc(C(C)(C)C)cc32)c1O)c1c(C)cc(F)cc1-c1cc(C(C)(C)CC(C)(C)C)cc(-n2c3c(c4c2C[C@H](C(C)(C)C)CC4)CCC(C)C3)c1O. The number of hydrogen-bond donors (Lipinski definition) is 2. The molecule has 0 fully saturated rings. The lowest BCUT2D eigenvalue weighted by Gasteiger charge is -2.38. The maximum atomic E-state index is 16.5. The highest BCUT2D eigenvalue weighted by atomic mass is 19.1. The van der Waals surface area contributed by atoms with Crippen molar-refractivity contribution in [2.24, 2.45) is 39.9 Å². The van der Waals surface area contributed by atoms with Crippen LogP contribution in [-0.2, 0) is 56.1 Å². The highest BCUT2D eigenvalue weighted by Crippen LogP contribution is 2.54. The van der Waals surface area contributed by atoms with Gasteiger partial charge in [0.15, 0.2) is 13.2 Å². The van der Waals surface area contributed by atoms with E-state index in [9.17, 15) is 10.2 Å². The van der Waals surface area contributed by atoms with E-state index in [0.717, 1.165) is 90.0 Å². The topological polar surface area (TPSA) is 55.7 Å². The fourth-order valence-electron chi connectivity index (χ4n) is 16.9. The van der Waals surface area contributed by atoms with Gasteiger partial charge in [-0.2, -0.15) is 0 Å². The average Bonchev–Trinajstić information content (AvgIpc) is 1.63. The molecule has 6 aromatic carbocycles. The zero-order chi connectivity index (χ0) is 70.1. The minimum absolute atomic E-state index is 0.00295. The van der Waals surface area contributed by atoms with Crippen molar-refractivity contribution in [3.63, 3.8) is 0 Å². The van der Waals surface area contributed by atoms with Gasteiger partial charge in [-0.1, -0.05) is 177 Å². The highest BCUT2D eigenvalue weighted by Gasteiger charge is 2.40. The fourth-order valence-corrected chi connectivity index (χ4v) is 16.9. The molecular formula is C87H116F2N2O4. The van der Waals surface area contributed by atoms with Crippen LogP contribution in [0.4, 0.5) is 8.78 Å². The molecule has 8 heteroatoms. The summed E-state index contributed by atoms with van der Waals surface area (Å²) in [7, 11) is 9.38. The maximum Gasteiger partial charge on any atom is 0.237 e. The lowest BCUT2D eigenvalue weighted by Crippen LogP contribution is -2.28. The van der Waals surface area contributed by atoms with E-state index >= 15 is 8.78 Å². The molecule has 0 saturated heterocycles. The van der Waals surface area contributed by atoms with Crippen molar-refractivity contribution in [2.45, 2.75) is 239 Å². The second kappa shape index (κ2) is 25.1. The third kappa shape index (κ3) is 14.3. The van der Waals surface area contributed by atoms with Crippen LogP contribution in [0.1, 0.15) is 234 Å². The Morgan fingerprint density at radius 3 is 1.27 bits per heavy atom. The molecule has 95 heavy (non-hydrogen) atoms. The van der Waals surface area contributed by atoms with Crippen LogP contribution in [0.2, 0.25) is 0 Å². The fraction of sp³-hybridized carbons (Fsp3) is 0.517. The first kappa shape index (κ1) is 71.2. The highest BCUT2D eigenvalue weighted by molar-refractivity contribution is 6.10. The number of phenolic OH excluding ortho intramolecular Hbond substituents is 2. The second-order valence-electron chi connectivity index (χ2n) is 36.6. The predicted molar refractivity (Wildman–Crippen MR) is 398 cm³/mol. The first-order valence-corrected chi connectivity index (χ1v) is 35.5. The second-order valence-corrected chi connectivity index (χ2v) is 36.6. The standard InChI is InChI=1S/C87H116F2N2O4/c1-51-27-31-63-64-32-28-56(83(12,13)14)40-72(64)90(71(63)35-51)75-43-59(86(21,22)49-81(6,7)8)38-67(77(75)92)69-45-61(88)36-52(2)79(69)94(25)47-54(4)55(5)48-95(26)80-53(3)37-62(89)46-70(80)68-39-60(87(23,24)50-82(9,10)11)44-76(78(68)93)91-73-41-57(84(15,16)17)29-33-65(73)66-34-30-58(42-74(66)91)85(18,19)20/h29-30,33-34,36-39,41-46,51,54-56,92-93H,25-28,31-32,35,40,47-50H2,1-24H3/t51?,54-,55-,56+/m0/s1. The van der Waals surface area contributed by atoms with Gasteiger partial charge in [0.2, 0.25) is 11.5 Å². The molecule has 0 aliphatic heterocycles. The van der Waals surface area contributed by atoms with Crippen molar-refractivity contribution < 1.29 is 27.7 Å². The quantitative estimate of drug-likeness (QED) is 0.0794. The van der Waals surface area contributed by atoms with Crippen molar-refractivity contribution in [1.82, 2.24) is 9.13 Å². The first-order valence-electron chi connectivity index (χ1n) is 35.5. The molecule has 0 radical (unpaired) electrons. The Bertz CT molecular complexity index is 4150. The van der Waals surface area contributed by atoms with Crippen molar-refractivity contribution in [3.05, 3.63) is 167 Å². The van der Waals surface area contributed by atoms with Gasteiger partial charge in [0.1, 0.15) is 23.1 Å². The summed E-state index contributed by atoms with van der Waals surface area (Å²) >= 11 is 0. The summed E-state index contributed by atoms with van der Waals surface area (Å²) in [6, 6.07) is 28.4. The smallest absolute Gasteiger partial charge is 0.237 e. The van der Waals surface area contributed by atoms with Gasteiger partial charge in [-0.25, -0.2) is 8.78 Å². The molecule has 4 atom stereocenters. The Hall–Kier alpha value is -6.54. The normalized spacial score (nSPS) is 16.8. The summed E-state index contributed by atoms with van der Waals surface area (Å²) < 4.78 is 44.0. The lowest BCUT2D eigenvalue weighted by molar-refractivity contribution is -0.0411. The molecule has 2 aromatic heterocycles. The number of aromatic nitrogens is 2. The zero-order valence-corrected chi connectivity index (χ0v) is 62.7. The average molecular weight is 1290 g/mol. The van der Waals surface area contributed by atoms with E-state index in [4.69, 9.17) is 7.11 Å². The third-order valence-corrected chi connectivity index (χ3v) is 21.6. The first-order chi connectivity index (χ1) is 43.7. The van der Waals surface area contributed by atoms with Gasteiger partial charge in [-0.05, 0) is 223 Å². The minimum Gasteiger partial charge on any atom is -0.711 e. The summed E-state index contributed by atoms with van der Waals surface area (Å²) in [6.45, 7) is 54.7. The van der Waals surface area contributed by atoms with Crippen LogP contribution in [-0.4, -0.2) is 32.6 Å². The van der Waals surface area contributed by atoms with Crippen LogP contribution >= 0.6 is 0 Å². The van der Waals surface area contributed by atoms with Crippen molar-refractivity contribution in [1.29, 1.82) is 0 Å². The number of hydrogen-bond acceptors (Lipinski definition) is 2. The summed E-state index contributed by atoms with van der Waals surface area (Å²) in [4.78, 5) is 0. The molecular weight excluding hydrogens is 1170 g/mol. The predicted octanol–water partition coefficient (Wildman–Crippen LogP) is 24.6. The van der Waals surface area contributed by atoms with E-state index in [1.165, 1.54) is 33.6 Å². The largest absolute Gasteiger partial charge is 0.711 e. The number of halogens is 2. The number of nitrogens with zero attached hydrogens (tertiary/aromatic N) is 2. The Kier molecular flexibility index (Phi) is 18.8. The van der Waals surface area contributed by atoms with Crippen LogP contribution in [0.5, 0.6) is 23.0 Å². The van der Waals surface area contributed by atoms with Crippen LogP contribution in [0.25, 0.3) is 55.4 Å². The Morgan fingerprint density at radius 2 is 0.884 bits per heavy atom. The van der Waals surface area contributed by atoms with Gasteiger partial charge in [-0.3, -0.25) is 0 Å². The lowest BCUT2D eigenvalue weighted by atomic mass is 9.71. The number of benzene rings is 6.